The highest BCUT2D eigenvalue weighted by Crippen LogP contribution is 2.23. The number of nitrogens with one attached hydrogen (secondary N) is 1. The first-order valence-corrected chi connectivity index (χ1v) is 9.48. The van der Waals surface area contributed by atoms with Crippen LogP contribution in [0.5, 0.6) is 0 Å². The molecule has 1 heterocycles. The van der Waals surface area contributed by atoms with Gasteiger partial charge in [0.25, 0.3) is 0 Å². The third-order valence-corrected chi connectivity index (χ3v) is 4.81. The molecule has 0 bridgehead atoms. The first-order chi connectivity index (χ1) is 14.3. The van der Waals surface area contributed by atoms with Crippen LogP contribution in [0.15, 0.2) is 97.3 Å². The molecule has 0 aliphatic carbocycles. The monoisotopic (exact) mass is 383 g/mol. The van der Waals surface area contributed by atoms with E-state index in [4.69, 9.17) is 0 Å². The lowest BCUT2D eigenvalue weighted by molar-refractivity contribution is -0.125. The summed E-state index contributed by atoms with van der Waals surface area (Å²) in [6.07, 6.45) is 1.97. The SMILES string of the molecule is O=C(NC(c1ccccc1)c1ccccc1)[C@@H](Cc1ccccc1)n1cnnn1. The summed E-state index contributed by atoms with van der Waals surface area (Å²) in [6, 6.07) is 28.9. The van der Waals surface area contributed by atoms with Gasteiger partial charge in [0, 0.05) is 6.42 Å². The maximum Gasteiger partial charge on any atom is 0.246 e. The fourth-order valence-electron chi connectivity index (χ4n) is 3.34. The van der Waals surface area contributed by atoms with Crippen molar-refractivity contribution in [3.8, 4) is 0 Å². The van der Waals surface area contributed by atoms with Crippen LogP contribution in [0.3, 0.4) is 0 Å². The van der Waals surface area contributed by atoms with Crippen LogP contribution in [-0.2, 0) is 11.2 Å². The van der Waals surface area contributed by atoms with E-state index in [1.807, 2.05) is 91.0 Å². The van der Waals surface area contributed by atoms with Gasteiger partial charge in [-0.25, -0.2) is 4.68 Å². The summed E-state index contributed by atoms with van der Waals surface area (Å²) < 4.78 is 1.51. The van der Waals surface area contributed by atoms with Crippen LogP contribution < -0.4 is 5.32 Å². The van der Waals surface area contributed by atoms with Crippen LogP contribution in [0.1, 0.15) is 28.8 Å². The second-order valence-corrected chi connectivity index (χ2v) is 6.76. The molecule has 1 N–H and O–H groups in total. The van der Waals surface area contributed by atoms with Crippen LogP contribution in [0, 0.1) is 0 Å². The molecule has 144 valence electrons. The van der Waals surface area contributed by atoms with Gasteiger partial charge in [0.1, 0.15) is 12.4 Å². The smallest absolute Gasteiger partial charge is 0.246 e. The van der Waals surface area contributed by atoms with E-state index in [1.165, 1.54) is 11.0 Å². The summed E-state index contributed by atoms with van der Waals surface area (Å²) in [4.78, 5) is 13.4. The molecular weight excluding hydrogens is 362 g/mol. The van der Waals surface area contributed by atoms with Gasteiger partial charge in [-0.2, -0.15) is 0 Å². The summed E-state index contributed by atoms with van der Waals surface area (Å²) in [5.74, 6) is -0.140. The molecule has 29 heavy (non-hydrogen) atoms. The maximum atomic E-state index is 13.4. The molecule has 0 radical (unpaired) electrons. The van der Waals surface area contributed by atoms with Crippen LogP contribution in [0.25, 0.3) is 0 Å². The number of benzene rings is 3. The van der Waals surface area contributed by atoms with Gasteiger partial charge in [-0.1, -0.05) is 91.0 Å². The summed E-state index contributed by atoms with van der Waals surface area (Å²) >= 11 is 0. The van der Waals surface area contributed by atoms with Gasteiger partial charge in [-0.05, 0) is 27.1 Å². The quantitative estimate of drug-likeness (QED) is 0.531. The Morgan fingerprint density at radius 3 is 1.90 bits per heavy atom. The van der Waals surface area contributed by atoms with Crippen LogP contribution in [0.2, 0.25) is 0 Å². The molecule has 0 saturated heterocycles. The molecule has 1 amide bonds. The lowest BCUT2D eigenvalue weighted by atomic mass is 9.97. The Morgan fingerprint density at radius 2 is 1.38 bits per heavy atom. The average molecular weight is 383 g/mol. The van der Waals surface area contributed by atoms with Gasteiger partial charge in [0.2, 0.25) is 5.91 Å². The highest BCUT2D eigenvalue weighted by molar-refractivity contribution is 5.81. The van der Waals surface area contributed by atoms with E-state index in [-0.39, 0.29) is 11.9 Å². The van der Waals surface area contributed by atoms with Crippen LogP contribution >= 0.6 is 0 Å². The fourth-order valence-corrected chi connectivity index (χ4v) is 3.34. The Labute approximate surface area is 169 Å². The Kier molecular flexibility index (Phi) is 5.71. The van der Waals surface area contributed by atoms with Gasteiger partial charge in [-0.3, -0.25) is 4.79 Å². The summed E-state index contributed by atoms with van der Waals surface area (Å²) in [5, 5.41) is 14.6. The topological polar surface area (TPSA) is 72.7 Å². The first-order valence-electron chi connectivity index (χ1n) is 9.48. The van der Waals surface area contributed by atoms with E-state index in [1.54, 1.807) is 0 Å². The van der Waals surface area contributed by atoms with Crippen LogP contribution in [0.4, 0.5) is 0 Å². The standard InChI is InChI=1S/C23H21N5O/c29-23(21(28-17-24-26-27-28)16-18-10-4-1-5-11-18)25-22(19-12-6-2-7-13-19)20-14-8-3-9-15-20/h1-15,17,21-22H,16H2,(H,25,29)/t21-/m1/s1. The molecule has 0 saturated carbocycles. The largest absolute Gasteiger partial charge is 0.343 e. The fraction of sp³-hybridized carbons (Fsp3) is 0.130. The van der Waals surface area contributed by atoms with Crippen molar-refractivity contribution in [1.29, 1.82) is 0 Å². The molecule has 4 rings (SSSR count). The van der Waals surface area contributed by atoms with E-state index in [9.17, 15) is 4.79 Å². The molecular formula is C23H21N5O. The second-order valence-electron chi connectivity index (χ2n) is 6.76. The van der Waals surface area contributed by atoms with E-state index < -0.39 is 6.04 Å². The van der Waals surface area contributed by atoms with Crippen molar-refractivity contribution in [1.82, 2.24) is 25.5 Å². The number of carbonyl (C=O) groups is 1. The molecule has 6 heteroatoms. The zero-order valence-corrected chi connectivity index (χ0v) is 15.8. The van der Waals surface area contributed by atoms with Crippen molar-refractivity contribution in [3.63, 3.8) is 0 Å². The average Bonchev–Trinajstić information content (AvgIpc) is 3.32. The molecule has 0 aliphatic rings. The molecule has 0 fully saturated rings. The number of rotatable bonds is 7. The molecule has 1 aromatic heterocycles. The van der Waals surface area contributed by atoms with E-state index in [0.717, 1.165) is 16.7 Å². The van der Waals surface area contributed by atoms with Gasteiger partial charge in [0.15, 0.2) is 0 Å². The molecule has 0 unspecified atom stereocenters. The third kappa shape index (κ3) is 4.55. The zero-order valence-electron chi connectivity index (χ0n) is 15.8. The predicted octanol–water partition coefficient (Wildman–Crippen LogP) is 3.36. The van der Waals surface area contributed by atoms with Gasteiger partial charge in [-0.15, -0.1) is 5.10 Å². The summed E-state index contributed by atoms with van der Waals surface area (Å²) in [6.45, 7) is 0. The molecule has 6 nitrogen and oxygen atoms in total. The number of hydrogen-bond donors (Lipinski definition) is 1. The maximum absolute atomic E-state index is 13.4. The minimum absolute atomic E-state index is 0.140. The highest BCUT2D eigenvalue weighted by Gasteiger charge is 2.26. The molecule has 3 aromatic carbocycles. The Hall–Kier alpha value is -3.80. The van der Waals surface area contributed by atoms with Crippen molar-refractivity contribution >= 4 is 5.91 Å². The lowest BCUT2D eigenvalue weighted by Gasteiger charge is -2.23. The van der Waals surface area contributed by atoms with Crippen molar-refractivity contribution in [2.45, 2.75) is 18.5 Å². The summed E-state index contributed by atoms with van der Waals surface area (Å²) in [7, 11) is 0. The van der Waals surface area contributed by atoms with Crippen molar-refractivity contribution in [2.75, 3.05) is 0 Å². The molecule has 0 spiro atoms. The van der Waals surface area contributed by atoms with Crippen molar-refractivity contribution < 1.29 is 4.79 Å². The third-order valence-electron chi connectivity index (χ3n) is 4.81. The van der Waals surface area contributed by atoms with E-state index in [2.05, 4.69) is 20.8 Å². The van der Waals surface area contributed by atoms with Gasteiger partial charge in [0.05, 0.1) is 6.04 Å². The van der Waals surface area contributed by atoms with E-state index >= 15 is 0 Å². The number of tetrazole rings is 1. The minimum atomic E-state index is -0.553. The number of hydrogen-bond acceptors (Lipinski definition) is 4. The minimum Gasteiger partial charge on any atom is -0.343 e. The molecule has 4 aromatic rings. The normalized spacial score (nSPS) is 11.9. The molecule has 0 aliphatic heterocycles. The van der Waals surface area contributed by atoms with Gasteiger partial charge < -0.3 is 5.32 Å². The second kappa shape index (κ2) is 8.93. The predicted molar refractivity (Wildman–Crippen MR) is 110 cm³/mol. The van der Waals surface area contributed by atoms with Crippen LogP contribution in [-0.4, -0.2) is 26.1 Å². The highest BCUT2D eigenvalue weighted by atomic mass is 16.2. The zero-order chi connectivity index (χ0) is 19.9. The molecule has 1 atom stereocenters. The lowest BCUT2D eigenvalue weighted by Crippen LogP contribution is -2.37. The van der Waals surface area contributed by atoms with E-state index in [0.29, 0.717) is 6.42 Å². The Balaban J connectivity index is 1.64. The first kappa shape index (κ1) is 18.6. The number of aromatic nitrogens is 4. The summed E-state index contributed by atoms with van der Waals surface area (Å²) in [5.41, 5.74) is 3.07. The number of carbonyl (C=O) groups excluding carboxylic acids is 1. The number of amides is 1. The van der Waals surface area contributed by atoms with Crippen molar-refractivity contribution in [3.05, 3.63) is 114 Å². The number of nitrogens with zero attached hydrogens (tertiary/aromatic N) is 4. The van der Waals surface area contributed by atoms with Gasteiger partial charge >= 0.3 is 0 Å². The Bertz CT molecular complexity index is 981. The Morgan fingerprint density at radius 1 is 0.828 bits per heavy atom. The van der Waals surface area contributed by atoms with Crippen molar-refractivity contribution in [2.24, 2.45) is 0 Å².